The molecule has 0 spiro atoms. The molecule has 1 saturated heterocycles. The highest BCUT2D eigenvalue weighted by Crippen LogP contribution is 2.24. The molecule has 2 amide bonds. The number of rotatable bonds is 7. The standard InChI is InChI=1S/C15H23N7O4/c16-7-10(8-17)13(18)11-1-2-22(15(25)19-9-12(23)24)14(11)20-21-3-5-26-6-4-21/h7-8,16,18,20H,1-6,9,17H2,(H,19,25)(H,23,24)/b10-8+,16-7?,18-13?. The van der Waals surface area contributed by atoms with E-state index in [1.165, 1.54) is 11.1 Å². The zero-order chi connectivity index (χ0) is 19.1. The number of carbonyl (C=O) groups excluding carboxylic acids is 1. The number of nitrogens with two attached hydrogens (primary N) is 1. The number of hydrogen-bond acceptors (Lipinski definition) is 8. The van der Waals surface area contributed by atoms with Crippen molar-refractivity contribution in [2.75, 3.05) is 39.4 Å². The summed E-state index contributed by atoms with van der Waals surface area (Å²) in [6.45, 7) is 2.05. The molecule has 0 aromatic rings. The van der Waals surface area contributed by atoms with Crippen molar-refractivity contribution >= 4 is 23.9 Å². The van der Waals surface area contributed by atoms with Gasteiger partial charge in [-0.05, 0) is 6.42 Å². The van der Waals surface area contributed by atoms with E-state index in [-0.39, 0.29) is 17.8 Å². The van der Waals surface area contributed by atoms with E-state index in [4.69, 9.17) is 26.4 Å². The Kier molecular flexibility index (Phi) is 6.69. The molecule has 7 N–H and O–H groups in total. The average molecular weight is 365 g/mol. The van der Waals surface area contributed by atoms with E-state index in [0.717, 1.165) is 6.21 Å². The fraction of sp³-hybridized carbons (Fsp3) is 0.467. The van der Waals surface area contributed by atoms with Crippen LogP contribution in [-0.4, -0.2) is 78.3 Å². The first-order valence-corrected chi connectivity index (χ1v) is 8.09. The van der Waals surface area contributed by atoms with Crippen LogP contribution in [0.25, 0.3) is 0 Å². The monoisotopic (exact) mass is 365 g/mol. The lowest BCUT2D eigenvalue weighted by Gasteiger charge is -2.32. The Hall–Kier alpha value is -2.92. The van der Waals surface area contributed by atoms with Gasteiger partial charge in [0.2, 0.25) is 0 Å². The topological polar surface area (TPSA) is 168 Å². The predicted molar refractivity (Wildman–Crippen MR) is 93.7 cm³/mol. The fourth-order valence-electron chi connectivity index (χ4n) is 2.64. The largest absolute Gasteiger partial charge is 0.480 e. The minimum atomic E-state index is -1.14. The third-order valence-electron chi connectivity index (χ3n) is 3.98. The van der Waals surface area contributed by atoms with Gasteiger partial charge in [-0.25, -0.2) is 9.80 Å². The smallest absolute Gasteiger partial charge is 0.323 e. The van der Waals surface area contributed by atoms with Crippen molar-refractivity contribution in [3.8, 4) is 0 Å². The van der Waals surface area contributed by atoms with Gasteiger partial charge in [0.1, 0.15) is 12.4 Å². The molecule has 11 nitrogen and oxygen atoms in total. The molecule has 2 aliphatic heterocycles. The van der Waals surface area contributed by atoms with Gasteiger partial charge in [-0.2, -0.15) is 0 Å². The lowest BCUT2D eigenvalue weighted by molar-refractivity contribution is -0.135. The zero-order valence-electron chi connectivity index (χ0n) is 14.2. The summed E-state index contributed by atoms with van der Waals surface area (Å²) < 4.78 is 5.30. The van der Waals surface area contributed by atoms with Crippen LogP contribution in [-0.2, 0) is 9.53 Å². The molecule has 0 radical (unpaired) electrons. The number of aliphatic carboxylic acids is 1. The SMILES string of the molecule is N=C/C(=C\N)C(=N)C1=C(NN2CCOCC2)N(C(=O)NCC(=O)O)CC1. The number of nitrogens with one attached hydrogen (secondary N) is 4. The number of nitrogens with zero attached hydrogens (tertiary/aromatic N) is 2. The zero-order valence-corrected chi connectivity index (χ0v) is 14.2. The van der Waals surface area contributed by atoms with Crippen molar-refractivity contribution in [3.63, 3.8) is 0 Å². The van der Waals surface area contributed by atoms with Crippen LogP contribution in [0.1, 0.15) is 6.42 Å². The Bertz CT molecular complexity index is 652. The van der Waals surface area contributed by atoms with Crippen LogP contribution < -0.4 is 16.5 Å². The van der Waals surface area contributed by atoms with Crippen molar-refractivity contribution in [2.24, 2.45) is 5.73 Å². The third-order valence-corrected chi connectivity index (χ3v) is 3.98. The molecule has 0 atom stereocenters. The molecule has 0 aliphatic carbocycles. The minimum absolute atomic E-state index is 0.0480. The van der Waals surface area contributed by atoms with Crippen LogP contribution in [0.15, 0.2) is 23.2 Å². The molecule has 0 aromatic carbocycles. The van der Waals surface area contributed by atoms with Crippen LogP contribution in [0.4, 0.5) is 4.79 Å². The number of urea groups is 1. The maximum atomic E-state index is 12.4. The molecule has 142 valence electrons. The van der Waals surface area contributed by atoms with E-state index in [1.807, 2.05) is 5.01 Å². The molecule has 1 fully saturated rings. The van der Waals surface area contributed by atoms with E-state index in [9.17, 15) is 9.59 Å². The molecule has 0 saturated carbocycles. The Balaban J connectivity index is 2.26. The average Bonchev–Trinajstić information content (AvgIpc) is 3.05. The number of ether oxygens (including phenoxy) is 1. The normalized spacial score (nSPS) is 18.6. The van der Waals surface area contributed by atoms with Gasteiger partial charge >= 0.3 is 12.0 Å². The Morgan fingerprint density at radius 2 is 2.00 bits per heavy atom. The molecule has 0 aromatic heterocycles. The molecular weight excluding hydrogens is 342 g/mol. The number of carboxylic acids is 1. The number of carbonyl (C=O) groups is 2. The Labute approximate surface area is 150 Å². The van der Waals surface area contributed by atoms with Crippen molar-refractivity contribution < 1.29 is 19.4 Å². The first kappa shape index (κ1) is 19.4. The number of carboxylic acid groups (broad SMARTS) is 1. The van der Waals surface area contributed by atoms with Gasteiger partial charge in [0.05, 0.1) is 18.9 Å². The number of hydrazine groups is 1. The Morgan fingerprint density at radius 3 is 2.58 bits per heavy atom. The highest BCUT2D eigenvalue weighted by molar-refractivity contribution is 6.22. The van der Waals surface area contributed by atoms with Crippen LogP contribution in [0.2, 0.25) is 0 Å². The van der Waals surface area contributed by atoms with Gasteiger partial charge in [0.15, 0.2) is 0 Å². The van der Waals surface area contributed by atoms with Crippen LogP contribution in [0, 0.1) is 10.8 Å². The summed E-state index contributed by atoms with van der Waals surface area (Å²) in [6, 6.07) is -0.570. The van der Waals surface area contributed by atoms with Gasteiger partial charge in [-0.3, -0.25) is 15.1 Å². The van der Waals surface area contributed by atoms with Crippen molar-refractivity contribution in [2.45, 2.75) is 6.42 Å². The number of allylic oxidation sites excluding steroid dienone is 1. The first-order valence-electron chi connectivity index (χ1n) is 8.09. The van der Waals surface area contributed by atoms with Gasteiger partial charge in [0, 0.05) is 43.2 Å². The molecule has 11 heteroatoms. The third kappa shape index (κ3) is 4.58. The molecule has 0 bridgehead atoms. The van der Waals surface area contributed by atoms with Gasteiger partial charge in [-0.15, -0.1) is 0 Å². The molecular formula is C15H23N7O4. The van der Waals surface area contributed by atoms with Crippen molar-refractivity contribution in [1.29, 1.82) is 10.8 Å². The minimum Gasteiger partial charge on any atom is -0.480 e. The highest BCUT2D eigenvalue weighted by atomic mass is 16.5. The van der Waals surface area contributed by atoms with E-state index < -0.39 is 18.5 Å². The van der Waals surface area contributed by atoms with Gasteiger partial charge in [0.25, 0.3) is 0 Å². The second kappa shape index (κ2) is 8.97. The van der Waals surface area contributed by atoms with Crippen LogP contribution in [0.3, 0.4) is 0 Å². The van der Waals surface area contributed by atoms with E-state index in [0.29, 0.717) is 44.1 Å². The van der Waals surface area contributed by atoms with E-state index in [2.05, 4.69) is 10.7 Å². The lowest BCUT2D eigenvalue weighted by Crippen LogP contribution is -2.50. The van der Waals surface area contributed by atoms with E-state index >= 15 is 0 Å². The summed E-state index contributed by atoms with van der Waals surface area (Å²) in [6.07, 6.45) is 2.54. The molecule has 2 rings (SSSR count). The van der Waals surface area contributed by atoms with Gasteiger partial charge in [-0.1, -0.05) is 0 Å². The summed E-state index contributed by atoms with van der Waals surface area (Å²) in [5.41, 5.74) is 9.42. The fourth-order valence-corrected chi connectivity index (χ4v) is 2.64. The molecule has 2 heterocycles. The molecule has 26 heavy (non-hydrogen) atoms. The Morgan fingerprint density at radius 1 is 1.31 bits per heavy atom. The van der Waals surface area contributed by atoms with E-state index in [1.54, 1.807) is 0 Å². The number of hydrogen-bond donors (Lipinski definition) is 6. The lowest BCUT2D eigenvalue weighted by atomic mass is 10.0. The maximum absolute atomic E-state index is 12.4. The van der Waals surface area contributed by atoms with Crippen molar-refractivity contribution in [1.82, 2.24) is 20.7 Å². The summed E-state index contributed by atoms with van der Waals surface area (Å²) in [5.74, 6) is -0.754. The predicted octanol–water partition coefficient (Wildman–Crippen LogP) is -0.953. The summed E-state index contributed by atoms with van der Waals surface area (Å²) in [5, 5.41) is 28.6. The second-order valence-corrected chi connectivity index (χ2v) is 5.63. The quantitative estimate of drug-likeness (QED) is 0.316. The first-order chi connectivity index (χ1) is 12.5. The summed E-state index contributed by atoms with van der Waals surface area (Å²) in [4.78, 5) is 24.4. The molecule has 2 aliphatic rings. The summed E-state index contributed by atoms with van der Waals surface area (Å²) in [7, 11) is 0. The number of amides is 2. The molecule has 0 unspecified atom stereocenters. The number of morpholine rings is 1. The van der Waals surface area contributed by atoms with Crippen LogP contribution in [0.5, 0.6) is 0 Å². The summed E-state index contributed by atoms with van der Waals surface area (Å²) >= 11 is 0. The second-order valence-electron chi connectivity index (χ2n) is 5.63. The highest BCUT2D eigenvalue weighted by Gasteiger charge is 2.32. The maximum Gasteiger partial charge on any atom is 0.323 e. The van der Waals surface area contributed by atoms with Crippen LogP contribution >= 0.6 is 0 Å². The van der Waals surface area contributed by atoms with Gasteiger partial charge < -0.3 is 31.7 Å². The van der Waals surface area contributed by atoms with Crippen molar-refractivity contribution in [3.05, 3.63) is 23.2 Å².